The first-order valence-electron chi connectivity index (χ1n) is 6.10. The van der Waals surface area contributed by atoms with Gasteiger partial charge in [-0.1, -0.05) is 23.2 Å². The molecule has 1 aliphatic rings. The molecule has 0 saturated heterocycles. The zero-order valence-electron chi connectivity index (χ0n) is 10.4. The summed E-state index contributed by atoms with van der Waals surface area (Å²) in [5.74, 6) is 0.762. The topological polar surface area (TPSA) is 79.7 Å². The summed E-state index contributed by atoms with van der Waals surface area (Å²) >= 11 is 12.0. The van der Waals surface area contributed by atoms with E-state index in [9.17, 15) is 5.26 Å². The van der Waals surface area contributed by atoms with Crippen molar-refractivity contribution in [3.05, 3.63) is 33.8 Å². The summed E-state index contributed by atoms with van der Waals surface area (Å²) < 4.78 is 1.46. The van der Waals surface area contributed by atoms with E-state index in [0.717, 1.165) is 12.8 Å². The van der Waals surface area contributed by atoms with Crippen molar-refractivity contribution in [3.63, 3.8) is 0 Å². The molecule has 7 heteroatoms. The highest BCUT2D eigenvalue weighted by atomic mass is 35.5. The van der Waals surface area contributed by atoms with E-state index in [1.165, 1.54) is 4.68 Å². The molecule has 1 saturated carbocycles. The van der Waals surface area contributed by atoms with Crippen LogP contribution in [0.15, 0.2) is 18.2 Å². The second-order valence-electron chi connectivity index (χ2n) is 4.65. The average molecular weight is 308 g/mol. The molecule has 3 rings (SSSR count). The summed E-state index contributed by atoms with van der Waals surface area (Å²) in [4.78, 5) is 0. The van der Waals surface area contributed by atoms with Crippen LogP contribution in [0.3, 0.4) is 0 Å². The lowest BCUT2D eigenvalue weighted by Gasteiger charge is -2.06. The molecule has 0 bridgehead atoms. The van der Waals surface area contributed by atoms with Crippen LogP contribution in [-0.4, -0.2) is 15.8 Å². The molecule has 0 radical (unpaired) electrons. The van der Waals surface area contributed by atoms with Gasteiger partial charge in [-0.3, -0.25) is 0 Å². The van der Waals surface area contributed by atoms with Crippen LogP contribution < -0.4 is 11.1 Å². The van der Waals surface area contributed by atoms with Crippen LogP contribution in [0.25, 0.3) is 5.69 Å². The quantitative estimate of drug-likeness (QED) is 0.912. The SMILES string of the molecule is N#Cc1c(NC2CC2)nn(-c2ccc(Cl)cc2Cl)c1N. The Balaban J connectivity index is 2.09. The first-order chi connectivity index (χ1) is 9.60. The molecule has 20 heavy (non-hydrogen) atoms. The van der Waals surface area contributed by atoms with Crippen LogP contribution in [0, 0.1) is 11.3 Å². The second-order valence-corrected chi connectivity index (χ2v) is 5.49. The molecule has 0 spiro atoms. The Kier molecular flexibility index (Phi) is 3.20. The minimum atomic E-state index is 0.264. The molecule has 1 aromatic carbocycles. The van der Waals surface area contributed by atoms with Gasteiger partial charge in [0.2, 0.25) is 0 Å². The molecule has 1 fully saturated rings. The Hall–Kier alpha value is -1.90. The van der Waals surface area contributed by atoms with E-state index in [0.29, 0.717) is 33.2 Å². The summed E-state index contributed by atoms with van der Waals surface area (Å²) in [6.45, 7) is 0. The maximum Gasteiger partial charge on any atom is 0.168 e. The van der Waals surface area contributed by atoms with Crippen molar-refractivity contribution in [2.45, 2.75) is 18.9 Å². The van der Waals surface area contributed by atoms with Gasteiger partial charge in [0, 0.05) is 11.1 Å². The van der Waals surface area contributed by atoms with Crippen LogP contribution in [0.2, 0.25) is 10.0 Å². The summed E-state index contributed by atoms with van der Waals surface area (Å²) in [5, 5.41) is 17.7. The monoisotopic (exact) mass is 307 g/mol. The highest BCUT2D eigenvalue weighted by molar-refractivity contribution is 6.35. The molecule has 5 nitrogen and oxygen atoms in total. The molecular formula is C13H11Cl2N5. The third-order valence-electron chi connectivity index (χ3n) is 3.09. The number of nitrogens with one attached hydrogen (secondary N) is 1. The summed E-state index contributed by atoms with van der Waals surface area (Å²) in [5.41, 5.74) is 6.92. The summed E-state index contributed by atoms with van der Waals surface area (Å²) in [7, 11) is 0. The number of hydrogen-bond acceptors (Lipinski definition) is 4. The predicted octanol–water partition coefficient (Wildman–Crippen LogP) is 3.21. The van der Waals surface area contributed by atoms with Gasteiger partial charge in [-0.25, -0.2) is 4.68 Å². The lowest BCUT2D eigenvalue weighted by atomic mass is 10.3. The highest BCUT2D eigenvalue weighted by Crippen LogP contribution is 2.32. The van der Waals surface area contributed by atoms with Crippen molar-refractivity contribution in [1.29, 1.82) is 5.26 Å². The number of rotatable bonds is 3. The van der Waals surface area contributed by atoms with Gasteiger partial charge in [0.25, 0.3) is 0 Å². The van der Waals surface area contributed by atoms with Gasteiger partial charge in [-0.05, 0) is 31.0 Å². The van der Waals surface area contributed by atoms with Gasteiger partial charge < -0.3 is 11.1 Å². The first-order valence-corrected chi connectivity index (χ1v) is 6.86. The van der Waals surface area contributed by atoms with Gasteiger partial charge in [-0.2, -0.15) is 5.26 Å². The smallest absolute Gasteiger partial charge is 0.168 e. The fraction of sp³-hybridized carbons (Fsp3) is 0.231. The molecule has 102 valence electrons. The molecule has 0 atom stereocenters. The van der Waals surface area contributed by atoms with E-state index >= 15 is 0 Å². The number of nitriles is 1. The number of benzene rings is 1. The molecule has 1 aromatic heterocycles. The van der Waals surface area contributed by atoms with Crippen LogP contribution in [0.1, 0.15) is 18.4 Å². The lowest BCUT2D eigenvalue weighted by molar-refractivity contribution is 0.887. The molecule has 3 N–H and O–H groups in total. The van der Waals surface area contributed by atoms with E-state index in [1.54, 1.807) is 18.2 Å². The average Bonchev–Trinajstić information content (AvgIpc) is 3.15. The highest BCUT2D eigenvalue weighted by Gasteiger charge is 2.26. The molecule has 0 amide bonds. The third kappa shape index (κ3) is 2.28. The number of anilines is 2. The first kappa shape index (κ1) is 13.1. The lowest BCUT2D eigenvalue weighted by Crippen LogP contribution is -2.04. The third-order valence-corrected chi connectivity index (χ3v) is 3.63. The Labute approximate surface area is 125 Å². The number of nitrogen functional groups attached to an aromatic ring is 1. The predicted molar refractivity (Wildman–Crippen MR) is 79.4 cm³/mol. The van der Waals surface area contributed by atoms with Gasteiger partial charge in [0.15, 0.2) is 5.82 Å². The number of nitrogens with zero attached hydrogens (tertiary/aromatic N) is 3. The second kappa shape index (κ2) is 4.89. The Bertz CT molecular complexity index is 712. The van der Waals surface area contributed by atoms with Gasteiger partial charge in [0.1, 0.15) is 17.5 Å². The number of aromatic nitrogens is 2. The Morgan fingerprint density at radius 1 is 1.40 bits per heavy atom. The van der Waals surface area contributed by atoms with E-state index in [-0.39, 0.29) is 5.82 Å². The molecule has 2 aromatic rings. The van der Waals surface area contributed by atoms with Crippen molar-refractivity contribution >= 4 is 34.8 Å². The number of nitrogens with two attached hydrogens (primary N) is 1. The van der Waals surface area contributed by atoms with Gasteiger partial charge in [-0.15, -0.1) is 5.10 Å². The standard InChI is InChI=1S/C13H11Cl2N5/c14-7-1-4-11(10(15)5-7)20-12(17)9(6-16)13(19-20)18-8-2-3-8/h1,4-5,8H,2-3,17H2,(H,18,19). The van der Waals surface area contributed by atoms with Crippen LogP contribution in [-0.2, 0) is 0 Å². The number of hydrogen-bond donors (Lipinski definition) is 2. The summed E-state index contributed by atoms with van der Waals surface area (Å²) in [6.07, 6.45) is 2.17. The fourth-order valence-corrected chi connectivity index (χ4v) is 2.39. The minimum absolute atomic E-state index is 0.264. The Morgan fingerprint density at radius 3 is 2.75 bits per heavy atom. The van der Waals surface area contributed by atoms with E-state index < -0.39 is 0 Å². The van der Waals surface area contributed by atoms with E-state index in [2.05, 4.69) is 16.5 Å². The van der Waals surface area contributed by atoms with Crippen molar-refractivity contribution in [1.82, 2.24) is 9.78 Å². The normalized spacial score (nSPS) is 14.1. The van der Waals surface area contributed by atoms with Crippen molar-refractivity contribution in [2.24, 2.45) is 0 Å². The molecular weight excluding hydrogens is 297 g/mol. The van der Waals surface area contributed by atoms with Gasteiger partial charge in [0.05, 0.1) is 10.7 Å². The largest absolute Gasteiger partial charge is 0.382 e. The maximum absolute atomic E-state index is 9.23. The van der Waals surface area contributed by atoms with Crippen LogP contribution in [0.5, 0.6) is 0 Å². The van der Waals surface area contributed by atoms with E-state index in [1.807, 2.05) is 0 Å². The summed E-state index contributed by atoms with van der Waals surface area (Å²) in [6, 6.07) is 7.49. The molecule has 1 heterocycles. The zero-order chi connectivity index (χ0) is 14.3. The van der Waals surface area contributed by atoms with Crippen molar-refractivity contribution in [2.75, 3.05) is 11.1 Å². The Morgan fingerprint density at radius 2 is 2.15 bits per heavy atom. The van der Waals surface area contributed by atoms with Crippen LogP contribution in [0.4, 0.5) is 11.6 Å². The molecule has 0 unspecified atom stereocenters. The number of halogens is 2. The van der Waals surface area contributed by atoms with Crippen molar-refractivity contribution < 1.29 is 0 Å². The molecule has 0 aliphatic heterocycles. The molecule has 1 aliphatic carbocycles. The van der Waals surface area contributed by atoms with Crippen molar-refractivity contribution in [3.8, 4) is 11.8 Å². The maximum atomic E-state index is 9.23. The van der Waals surface area contributed by atoms with E-state index in [4.69, 9.17) is 28.9 Å². The fourth-order valence-electron chi connectivity index (χ4n) is 1.90. The van der Waals surface area contributed by atoms with Crippen LogP contribution >= 0.6 is 23.2 Å². The minimum Gasteiger partial charge on any atom is -0.382 e. The van der Waals surface area contributed by atoms with Gasteiger partial charge >= 0.3 is 0 Å². The zero-order valence-corrected chi connectivity index (χ0v) is 11.9.